The van der Waals surface area contributed by atoms with E-state index in [-0.39, 0.29) is 32.9 Å². The SMILES string of the molecule is Cc1cc(C)c(-c2c(C)nn(-c3[c-]c(Oc4[c-]c5c(cc4)c4ccccc4n5-c4cc(C(C)C)ccn4)cc(C(C)C)c3)c2C(C)C)c(C)c1.[Pt+2]. The number of aromatic nitrogens is 4. The molecule has 3 heterocycles. The van der Waals surface area contributed by atoms with E-state index in [1.165, 1.54) is 39.1 Å². The van der Waals surface area contributed by atoms with Gasteiger partial charge in [0.05, 0.1) is 11.4 Å². The summed E-state index contributed by atoms with van der Waals surface area (Å²) in [5, 5.41) is 7.43. The quantitative estimate of drug-likeness (QED) is 0.143. The van der Waals surface area contributed by atoms with E-state index in [1.54, 1.807) is 0 Å². The van der Waals surface area contributed by atoms with Gasteiger partial charge >= 0.3 is 21.1 Å². The van der Waals surface area contributed by atoms with E-state index in [9.17, 15) is 0 Å². The van der Waals surface area contributed by atoms with Gasteiger partial charge in [0, 0.05) is 28.8 Å². The molecule has 4 aromatic carbocycles. The molecule has 0 amide bonds. The Bertz CT molecular complexity index is 2370. The van der Waals surface area contributed by atoms with Crippen LogP contribution in [0.1, 0.15) is 98.5 Å². The summed E-state index contributed by atoms with van der Waals surface area (Å²) in [4.78, 5) is 4.81. The monoisotopic (exact) mass is 853 g/mol. The third kappa shape index (κ3) is 6.69. The summed E-state index contributed by atoms with van der Waals surface area (Å²) in [6, 6.07) is 32.9. The molecule has 0 aliphatic carbocycles. The van der Waals surface area contributed by atoms with Crippen molar-refractivity contribution in [1.82, 2.24) is 19.3 Å². The Morgan fingerprint density at radius 2 is 1.37 bits per heavy atom. The zero-order chi connectivity index (χ0) is 35.4. The van der Waals surface area contributed by atoms with E-state index in [1.807, 2.05) is 12.3 Å². The van der Waals surface area contributed by atoms with Crippen LogP contribution >= 0.6 is 0 Å². The maximum atomic E-state index is 6.68. The van der Waals surface area contributed by atoms with Crippen LogP contribution in [-0.2, 0) is 21.1 Å². The summed E-state index contributed by atoms with van der Waals surface area (Å²) < 4.78 is 11.0. The van der Waals surface area contributed by atoms with Crippen LogP contribution < -0.4 is 4.74 Å². The number of pyridine rings is 1. The third-order valence-electron chi connectivity index (χ3n) is 9.76. The first-order valence-corrected chi connectivity index (χ1v) is 17.8. The minimum absolute atomic E-state index is 0. The number of hydrogen-bond acceptors (Lipinski definition) is 3. The first kappa shape index (κ1) is 36.3. The molecule has 0 atom stereocenters. The summed E-state index contributed by atoms with van der Waals surface area (Å²) in [6.07, 6.45) is 1.90. The van der Waals surface area contributed by atoms with Crippen molar-refractivity contribution < 1.29 is 25.8 Å². The average molecular weight is 854 g/mol. The minimum atomic E-state index is 0. The van der Waals surface area contributed by atoms with Gasteiger partial charge in [0.15, 0.2) is 0 Å². The zero-order valence-corrected chi connectivity index (χ0v) is 33.5. The Kier molecular flexibility index (Phi) is 10.2. The van der Waals surface area contributed by atoms with Crippen molar-refractivity contribution in [3.63, 3.8) is 0 Å². The van der Waals surface area contributed by atoms with Gasteiger partial charge in [-0.25, -0.2) is 4.98 Å². The maximum absolute atomic E-state index is 6.68. The van der Waals surface area contributed by atoms with Crippen molar-refractivity contribution in [2.75, 3.05) is 0 Å². The minimum Gasteiger partial charge on any atom is -0.509 e. The van der Waals surface area contributed by atoms with Crippen LogP contribution in [0.5, 0.6) is 11.5 Å². The molecule has 0 saturated heterocycles. The fourth-order valence-electron chi connectivity index (χ4n) is 7.40. The second-order valence-electron chi connectivity index (χ2n) is 14.6. The van der Waals surface area contributed by atoms with Crippen LogP contribution in [0.2, 0.25) is 0 Å². The molecule has 5 nitrogen and oxygen atoms in total. The summed E-state index contributed by atoms with van der Waals surface area (Å²) >= 11 is 0. The fourth-order valence-corrected chi connectivity index (χ4v) is 7.40. The van der Waals surface area contributed by atoms with E-state index < -0.39 is 0 Å². The van der Waals surface area contributed by atoms with Gasteiger partial charge in [-0.15, -0.1) is 41.3 Å². The van der Waals surface area contributed by atoms with Gasteiger partial charge in [-0.1, -0.05) is 83.0 Å². The molecule has 0 fully saturated rings. The molecule has 7 aromatic rings. The molecule has 0 aliphatic heterocycles. The van der Waals surface area contributed by atoms with Gasteiger partial charge in [-0.3, -0.25) is 4.68 Å². The third-order valence-corrected chi connectivity index (χ3v) is 9.76. The molecule has 51 heavy (non-hydrogen) atoms. The number of nitrogens with zero attached hydrogens (tertiary/aromatic N) is 4. The van der Waals surface area contributed by atoms with Crippen molar-refractivity contribution in [3.8, 4) is 34.1 Å². The number of ether oxygens (including phenoxy) is 1. The van der Waals surface area contributed by atoms with Gasteiger partial charge in [-0.2, -0.15) is 11.2 Å². The summed E-state index contributed by atoms with van der Waals surface area (Å²) in [5.74, 6) is 3.03. The number of hydrogen-bond donors (Lipinski definition) is 0. The topological polar surface area (TPSA) is 44.9 Å². The van der Waals surface area contributed by atoms with Crippen molar-refractivity contribution in [3.05, 3.63) is 130 Å². The van der Waals surface area contributed by atoms with Gasteiger partial charge in [0.1, 0.15) is 5.82 Å². The predicted octanol–water partition coefficient (Wildman–Crippen LogP) is 12.0. The van der Waals surface area contributed by atoms with Crippen LogP contribution in [0.4, 0.5) is 0 Å². The van der Waals surface area contributed by atoms with Gasteiger partial charge in [-0.05, 0) is 97.0 Å². The molecule has 7 rings (SSSR count). The van der Waals surface area contributed by atoms with Crippen molar-refractivity contribution in [1.29, 1.82) is 0 Å². The molecule has 0 unspecified atom stereocenters. The molecule has 0 saturated carbocycles. The van der Waals surface area contributed by atoms with Crippen molar-refractivity contribution >= 4 is 21.8 Å². The molecule has 3 aromatic heterocycles. The van der Waals surface area contributed by atoms with Crippen molar-refractivity contribution in [2.45, 2.75) is 87.0 Å². The number of benzene rings is 4. The van der Waals surface area contributed by atoms with E-state index >= 15 is 0 Å². The smallest absolute Gasteiger partial charge is 0.509 e. The van der Waals surface area contributed by atoms with E-state index in [2.05, 4.69) is 157 Å². The molecule has 0 radical (unpaired) electrons. The summed E-state index contributed by atoms with van der Waals surface area (Å²) in [6.45, 7) is 22.0. The summed E-state index contributed by atoms with van der Waals surface area (Å²) in [7, 11) is 0. The van der Waals surface area contributed by atoms with Crippen LogP contribution in [-0.4, -0.2) is 19.3 Å². The molecular weight excluding hydrogens is 808 g/mol. The van der Waals surface area contributed by atoms with Gasteiger partial charge in [0.2, 0.25) is 0 Å². The fraction of sp³-hybridized carbons (Fsp3) is 0.289. The molecule has 0 bridgehead atoms. The number of fused-ring (bicyclic) bond motifs is 3. The normalized spacial score (nSPS) is 11.7. The number of rotatable bonds is 8. The number of para-hydroxylation sites is 1. The first-order chi connectivity index (χ1) is 23.9. The first-order valence-electron chi connectivity index (χ1n) is 17.8. The molecule has 0 aliphatic rings. The summed E-state index contributed by atoms with van der Waals surface area (Å²) in [5.41, 5.74) is 13.8. The Hall–Kier alpha value is -4.47. The zero-order valence-electron chi connectivity index (χ0n) is 31.3. The molecular formula is C45H46N4OPt. The standard InChI is InChI=1S/C45H46N4O.Pt/c1-26(2)33-17-18-46-42(23-33)48-40-14-12-11-13-38(40)39-16-15-36(25-41(39)48)50-37-22-34(27(3)4)21-35(24-37)49-45(28(5)6)44(32(10)47-49)43-30(8)19-29(7)20-31(43)9;/h11-23,26-28H,1-10H3;/q-2;+2. The Morgan fingerprint density at radius 1 is 0.667 bits per heavy atom. The average Bonchev–Trinajstić information content (AvgIpc) is 3.58. The second kappa shape index (κ2) is 14.3. The molecule has 6 heteroatoms. The largest absolute Gasteiger partial charge is 2.00 e. The van der Waals surface area contributed by atoms with Crippen LogP contribution in [0.3, 0.4) is 0 Å². The van der Waals surface area contributed by atoms with E-state index in [0.717, 1.165) is 44.6 Å². The predicted molar refractivity (Wildman–Crippen MR) is 207 cm³/mol. The van der Waals surface area contributed by atoms with Crippen molar-refractivity contribution in [2.24, 2.45) is 0 Å². The Balaban J connectivity index is 0.00000448. The molecule has 262 valence electrons. The second-order valence-corrected chi connectivity index (χ2v) is 14.6. The van der Waals surface area contributed by atoms with Crippen LogP contribution in [0.15, 0.2) is 79.0 Å². The van der Waals surface area contributed by atoms with Crippen LogP contribution in [0, 0.1) is 39.8 Å². The number of aryl methyl sites for hydroxylation is 4. The van der Waals surface area contributed by atoms with Gasteiger partial charge < -0.3 is 9.30 Å². The van der Waals surface area contributed by atoms with Crippen LogP contribution in [0.25, 0.3) is 44.4 Å². The maximum Gasteiger partial charge on any atom is 2.00 e. The molecule has 0 N–H and O–H groups in total. The molecule has 0 spiro atoms. The van der Waals surface area contributed by atoms with E-state index in [0.29, 0.717) is 17.4 Å². The Labute approximate surface area is 317 Å². The Morgan fingerprint density at radius 3 is 2.06 bits per heavy atom. The van der Waals surface area contributed by atoms with E-state index in [4.69, 9.17) is 14.8 Å². The van der Waals surface area contributed by atoms with Gasteiger partial charge in [0.25, 0.3) is 0 Å².